The second-order valence-electron chi connectivity index (χ2n) is 5.72. The Bertz CT molecular complexity index is 896. The van der Waals surface area contributed by atoms with Gasteiger partial charge >= 0.3 is 0 Å². The number of hydrogen-bond acceptors (Lipinski definition) is 5. The SMILES string of the molecule is Cc1ccc(S(=O)(=O)CCC(=O)NNC(=O)COc2ccc(F)cc2)cc1. The van der Waals surface area contributed by atoms with Crippen LogP contribution in [0.4, 0.5) is 4.39 Å². The third-order valence-corrected chi connectivity index (χ3v) is 5.23. The number of carbonyl (C=O) groups excluding carboxylic acids is 2. The van der Waals surface area contributed by atoms with Gasteiger partial charge in [0.05, 0.1) is 10.6 Å². The first-order chi connectivity index (χ1) is 12.8. The van der Waals surface area contributed by atoms with Crippen LogP contribution in [-0.2, 0) is 19.4 Å². The highest BCUT2D eigenvalue weighted by Gasteiger charge is 2.16. The van der Waals surface area contributed by atoms with Gasteiger partial charge in [-0.3, -0.25) is 20.4 Å². The standard InChI is InChI=1S/C18H19FN2O5S/c1-13-2-8-16(9-3-13)27(24,25)11-10-17(22)20-21-18(23)12-26-15-6-4-14(19)5-7-15/h2-9H,10-12H2,1H3,(H,20,22)(H,21,23). The van der Waals surface area contributed by atoms with E-state index in [1.165, 1.54) is 36.4 Å². The van der Waals surface area contributed by atoms with E-state index in [-0.39, 0.29) is 17.1 Å². The Balaban J connectivity index is 1.72. The van der Waals surface area contributed by atoms with Crippen molar-refractivity contribution in [2.45, 2.75) is 18.2 Å². The van der Waals surface area contributed by atoms with Crippen LogP contribution in [0.2, 0.25) is 0 Å². The first kappa shape index (κ1) is 20.4. The Morgan fingerprint density at radius 3 is 2.19 bits per heavy atom. The van der Waals surface area contributed by atoms with Crippen molar-refractivity contribution in [3.8, 4) is 5.75 Å². The minimum Gasteiger partial charge on any atom is -0.484 e. The first-order valence-corrected chi connectivity index (χ1v) is 9.67. The average molecular weight is 394 g/mol. The Hall–Kier alpha value is -2.94. The Morgan fingerprint density at radius 2 is 1.56 bits per heavy atom. The molecular weight excluding hydrogens is 375 g/mol. The summed E-state index contributed by atoms with van der Waals surface area (Å²) in [7, 11) is -3.59. The van der Waals surface area contributed by atoms with E-state index in [1.807, 2.05) is 6.92 Å². The number of benzene rings is 2. The van der Waals surface area contributed by atoms with Crippen LogP contribution in [-0.4, -0.2) is 32.6 Å². The van der Waals surface area contributed by atoms with E-state index < -0.39 is 34.1 Å². The number of sulfone groups is 1. The van der Waals surface area contributed by atoms with E-state index in [1.54, 1.807) is 12.1 Å². The molecule has 0 bridgehead atoms. The average Bonchev–Trinajstić information content (AvgIpc) is 2.64. The van der Waals surface area contributed by atoms with Crippen molar-refractivity contribution < 1.29 is 27.1 Å². The fourth-order valence-corrected chi connectivity index (χ4v) is 3.25. The molecule has 144 valence electrons. The lowest BCUT2D eigenvalue weighted by Gasteiger charge is -2.09. The molecule has 0 saturated carbocycles. The van der Waals surface area contributed by atoms with Gasteiger partial charge in [-0.05, 0) is 43.3 Å². The molecule has 0 aliphatic carbocycles. The quantitative estimate of drug-likeness (QED) is 0.694. The van der Waals surface area contributed by atoms with E-state index in [2.05, 4.69) is 10.9 Å². The maximum Gasteiger partial charge on any atom is 0.276 e. The summed E-state index contributed by atoms with van der Waals surface area (Å²) in [6, 6.07) is 11.4. The molecule has 0 fully saturated rings. The van der Waals surface area contributed by atoms with E-state index in [9.17, 15) is 22.4 Å². The van der Waals surface area contributed by atoms with Gasteiger partial charge in [-0.15, -0.1) is 0 Å². The molecule has 0 heterocycles. The maximum absolute atomic E-state index is 12.8. The minimum absolute atomic E-state index is 0.137. The number of ether oxygens (including phenoxy) is 1. The van der Waals surface area contributed by atoms with Crippen LogP contribution in [0, 0.1) is 12.7 Å². The summed E-state index contributed by atoms with van der Waals surface area (Å²) < 4.78 is 42.2. The molecule has 0 unspecified atom stereocenters. The molecule has 0 saturated heterocycles. The predicted octanol–water partition coefficient (Wildman–Crippen LogP) is 1.52. The summed E-state index contributed by atoms with van der Waals surface area (Å²) in [4.78, 5) is 23.5. The number of hydrazine groups is 1. The lowest BCUT2D eigenvalue weighted by Crippen LogP contribution is -2.44. The minimum atomic E-state index is -3.59. The van der Waals surface area contributed by atoms with Crippen LogP contribution < -0.4 is 15.6 Å². The van der Waals surface area contributed by atoms with E-state index in [4.69, 9.17) is 4.74 Å². The molecule has 2 rings (SSSR count). The fraction of sp³-hybridized carbons (Fsp3) is 0.222. The van der Waals surface area contributed by atoms with Crippen LogP contribution in [0.15, 0.2) is 53.4 Å². The largest absolute Gasteiger partial charge is 0.484 e. The molecule has 2 aromatic rings. The molecule has 0 atom stereocenters. The molecule has 27 heavy (non-hydrogen) atoms. The number of carbonyl (C=O) groups is 2. The van der Waals surface area contributed by atoms with Crippen molar-refractivity contribution in [3.63, 3.8) is 0 Å². The Labute approximate surface area is 156 Å². The second kappa shape index (κ2) is 9.13. The zero-order chi connectivity index (χ0) is 19.9. The van der Waals surface area contributed by atoms with Crippen LogP contribution in [0.3, 0.4) is 0 Å². The third-order valence-electron chi connectivity index (χ3n) is 3.50. The molecule has 0 aliphatic heterocycles. The maximum atomic E-state index is 12.8. The predicted molar refractivity (Wildman–Crippen MR) is 96.0 cm³/mol. The number of amides is 2. The van der Waals surface area contributed by atoms with Gasteiger partial charge in [-0.2, -0.15) is 0 Å². The van der Waals surface area contributed by atoms with Gasteiger partial charge < -0.3 is 4.74 Å². The van der Waals surface area contributed by atoms with Crippen LogP contribution >= 0.6 is 0 Å². The first-order valence-electron chi connectivity index (χ1n) is 8.02. The third kappa shape index (κ3) is 6.70. The van der Waals surface area contributed by atoms with Gasteiger partial charge in [0.1, 0.15) is 11.6 Å². The zero-order valence-electron chi connectivity index (χ0n) is 14.6. The fourth-order valence-electron chi connectivity index (χ4n) is 2.01. The van der Waals surface area contributed by atoms with Crippen LogP contribution in [0.5, 0.6) is 5.75 Å². The van der Waals surface area contributed by atoms with Crippen molar-refractivity contribution in [2.24, 2.45) is 0 Å². The summed E-state index contributed by atoms with van der Waals surface area (Å²) in [5.74, 6) is -1.82. The van der Waals surface area contributed by atoms with Crippen LogP contribution in [0.25, 0.3) is 0 Å². The highest BCUT2D eigenvalue weighted by atomic mass is 32.2. The summed E-state index contributed by atoms with van der Waals surface area (Å²) in [5.41, 5.74) is 5.16. The molecule has 7 nitrogen and oxygen atoms in total. The van der Waals surface area contributed by atoms with Gasteiger partial charge in [-0.1, -0.05) is 17.7 Å². The molecular formula is C18H19FN2O5S. The number of rotatable bonds is 7. The van der Waals surface area contributed by atoms with Gasteiger partial charge in [0.25, 0.3) is 5.91 Å². The summed E-state index contributed by atoms with van der Waals surface area (Å²) in [6.45, 7) is 1.44. The highest BCUT2D eigenvalue weighted by molar-refractivity contribution is 7.91. The molecule has 2 N–H and O–H groups in total. The summed E-state index contributed by atoms with van der Waals surface area (Å²) in [5, 5.41) is 0. The summed E-state index contributed by atoms with van der Waals surface area (Å²) in [6.07, 6.45) is -0.310. The Kier molecular flexibility index (Phi) is 6.89. The summed E-state index contributed by atoms with van der Waals surface area (Å²) >= 11 is 0. The van der Waals surface area contributed by atoms with E-state index >= 15 is 0 Å². The monoisotopic (exact) mass is 394 g/mol. The normalized spacial score (nSPS) is 10.9. The second-order valence-corrected chi connectivity index (χ2v) is 7.83. The lowest BCUT2D eigenvalue weighted by atomic mass is 10.2. The van der Waals surface area contributed by atoms with Crippen molar-refractivity contribution in [3.05, 3.63) is 59.9 Å². The number of aryl methyl sites for hydroxylation is 1. The molecule has 2 aromatic carbocycles. The van der Waals surface area contributed by atoms with E-state index in [0.29, 0.717) is 5.75 Å². The Morgan fingerprint density at radius 1 is 0.963 bits per heavy atom. The van der Waals surface area contributed by atoms with Gasteiger partial charge in [0.2, 0.25) is 5.91 Å². The number of hydrogen-bond donors (Lipinski definition) is 2. The van der Waals surface area contributed by atoms with Gasteiger partial charge in [-0.25, -0.2) is 12.8 Å². The van der Waals surface area contributed by atoms with E-state index in [0.717, 1.165) is 5.56 Å². The molecule has 0 spiro atoms. The highest BCUT2D eigenvalue weighted by Crippen LogP contribution is 2.13. The van der Waals surface area contributed by atoms with Crippen molar-refractivity contribution in [2.75, 3.05) is 12.4 Å². The smallest absolute Gasteiger partial charge is 0.276 e. The number of halogens is 1. The zero-order valence-corrected chi connectivity index (χ0v) is 15.4. The van der Waals surface area contributed by atoms with Gasteiger partial charge in [0, 0.05) is 6.42 Å². The molecule has 0 radical (unpaired) electrons. The van der Waals surface area contributed by atoms with Crippen molar-refractivity contribution in [1.29, 1.82) is 0 Å². The topological polar surface area (TPSA) is 102 Å². The molecule has 9 heteroatoms. The molecule has 0 aromatic heterocycles. The van der Waals surface area contributed by atoms with Crippen molar-refractivity contribution >= 4 is 21.7 Å². The van der Waals surface area contributed by atoms with Crippen LogP contribution in [0.1, 0.15) is 12.0 Å². The van der Waals surface area contributed by atoms with Crippen molar-refractivity contribution in [1.82, 2.24) is 10.9 Å². The number of nitrogens with one attached hydrogen (secondary N) is 2. The lowest BCUT2D eigenvalue weighted by molar-refractivity contribution is -0.129. The van der Waals surface area contributed by atoms with Gasteiger partial charge in [0.15, 0.2) is 16.4 Å². The molecule has 0 aliphatic rings. The molecule has 2 amide bonds.